The molecule has 2 amide bonds. The zero-order chi connectivity index (χ0) is 18.9. The number of hydroxylamine groups is 1. The maximum absolute atomic E-state index is 13.2. The van der Waals surface area contributed by atoms with Gasteiger partial charge in [0, 0.05) is 18.7 Å². The lowest BCUT2D eigenvalue weighted by Crippen LogP contribution is -2.45. The maximum atomic E-state index is 13.2. The van der Waals surface area contributed by atoms with Gasteiger partial charge in [-0.1, -0.05) is 35.9 Å². The van der Waals surface area contributed by atoms with Crippen molar-refractivity contribution < 1.29 is 14.8 Å². The highest BCUT2D eigenvalue weighted by molar-refractivity contribution is 5.93. The summed E-state index contributed by atoms with van der Waals surface area (Å²) >= 11 is 0. The first kappa shape index (κ1) is 18.1. The SMILES string of the molecule is Cc1ccc(C(C)(C)C(=O)N2CCc3cc(C(=O)NO)ccc3C2)cc1. The topological polar surface area (TPSA) is 69.6 Å². The van der Waals surface area contributed by atoms with Gasteiger partial charge in [-0.2, -0.15) is 0 Å². The molecule has 0 saturated heterocycles. The molecule has 0 unspecified atom stereocenters. The molecular weight excluding hydrogens is 328 g/mol. The van der Waals surface area contributed by atoms with Gasteiger partial charge in [-0.05, 0) is 56.0 Å². The third-order valence-corrected chi connectivity index (χ3v) is 5.18. The van der Waals surface area contributed by atoms with Crippen LogP contribution in [-0.2, 0) is 23.2 Å². The van der Waals surface area contributed by atoms with E-state index in [0.29, 0.717) is 25.1 Å². The minimum Gasteiger partial charge on any atom is -0.337 e. The summed E-state index contributed by atoms with van der Waals surface area (Å²) in [6.07, 6.45) is 0.692. The van der Waals surface area contributed by atoms with Gasteiger partial charge in [-0.3, -0.25) is 14.8 Å². The van der Waals surface area contributed by atoms with E-state index in [4.69, 9.17) is 5.21 Å². The fourth-order valence-corrected chi connectivity index (χ4v) is 3.42. The van der Waals surface area contributed by atoms with Crippen LogP contribution in [0.4, 0.5) is 0 Å². The van der Waals surface area contributed by atoms with Crippen LogP contribution in [0, 0.1) is 6.92 Å². The summed E-state index contributed by atoms with van der Waals surface area (Å²) in [7, 11) is 0. The molecule has 5 nitrogen and oxygen atoms in total. The molecule has 0 radical (unpaired) electrons. The second-order valence-electron chi connectivity index (χ2n) is 7.39. The van der Waals surface area contributed by atoms with Crippen molar-refractivity contribution in [2.75, 3.05) is 6.54 Å². The molecule has 1 aliphatic heterocycles. The molecule has 0 bridgehead atoms. The lowest BCUT2D eigenvalue weighted by Gasteiger charge is -2.35. The van der Waals surface area contributed by atoms with E-state index in [1.807, 2.05) is 56.0 Å². The molecule has 0 atom stereocenters. The Bertz CT molecular complexity index is 841. The summed E-state index contributed by atoms with van der Waals surface area (Å²) in [5.41, 5.74) is 5.75. The number of carbonyl (C=O) groups excluding carboxylic acids is 2. The Kier molecular flexibility index (Phi) is 4.83. The van der Waals surface area contributed by atoms with Gasteiger partial charge in [0.25, 0.3) is 5.91 Å². The van der Waals surface area contributed by atoms with Gasteiger partial charge in [0.2, 0.25) is 5.91 Å². The average Bonchev–Trinajstić information content (AvgIpc) is 2.66. The van der Waals surface area contributed by atoms with E-state index in [1.54, 1.807) is 17.6 Å². The van der Waals surface area contributed by atoms with Crippen molar-refractivity contribution >= 4 is 11.8 Å². The Morgan fingerprint density at radius 2 is 1.77 bits per heavy atom. The van der Waals surface area contributed by atoms with Crippen molar-refractivity contribution in [3.05, 3.63) is 70.3 Å². The lowest BCUT2D eigenvalue weighted by molar-refractivity contribution is -0.137. The molecule has 5 heteroatoms. The van der Waals surface area contributed by atoms with Crippen LogP contribution in [0.25, 0.3) is 0 Å². The van der Waals surface area contributed by atoms with E-state index < -0.39 is 11.3 Å². The molecule has 0 fully saturated rings. The molecular formula is C21H24N2O3. The second kappa shape index (κ2) is 6.92. The zero-order valence-corrected chi connectivity index (χ0v) is 15.4. The maximum Gasteiger partial charge on any atom is 0.274 e. The van der Waals surface area contributed by atoms with E-state index in [-0.39, 0.29) is 5.91 Å². The molecule has 26 heavy (non-hydrogen) atoms. The average molecular weight is 352 g/mol. The molecule has 1 heterocycles. The van der Waals surface area contributed by atoms with Crippen LogP contribution in [0.15, 0.2) is 42.5 Å². The normalized spacial score (nSPS) is 13.9. The van der Waals surface area contributed by atoms with Crippen molar-refractivity contribution in [3.63, 3.8) is 0 Å². The van der Waals surface area contributed by atoms with Crippen molar-refractivity contribution in [2.24, 2.45) is 0 Å². The molecule has 1 aliphatic rings. The third kappa shape index (κ3) is 3.35. The van der Waals surface area contributed by atoms with Crippen molar-refractivity contribution in [1.82, 2.24) is 10.4 Å². The first-order valence-corrected chi connectivity index (χ1v) is 8.75. The van der Waals surface area contributed by atoms with Gasteiger partial charge in [0.1, 0.15) is 0 Å². The molecule has 2 aromatic rings. The van der Waals surface area contributed by atoms with E-state index in [9.17, 15) is 9.59 Å². The summed E-state index contributed by atoms with van der Waals surface area (Å²) in [5, 5.41) is 8.77. The van der Waals surface area contributed by atoms with Crippen LogP contribution in [0.1, 0.15) is 46.5 Å². The third-order valence-electron chi connectivity index (χ3n) is 5.18. The number of fused-ring (bicyclic) bond motifs is 1. The standard InChI is InChI=1S/C21H24N2O3/c1-14-4-8-18(9-5-14)21(2,3)20(25)23-11-10-15-12-16(19(24)22-26)6-7-17(15)13-23/h4-9,12,26H,10-11,13H2,1-3H3,(H,22,24). The number of benzene rings is 2. The van der Waals surface area contributed by atoms with Gasteiger partial charge in [-0.25, -0.2) is 5.48 Å². The number of nitrogens with one attached hydrogen (secondary N) is 1. The number of amides is 2. The highest BCUT2D eigenvalue weighted by Crippen LogP contribution is 2.29. The summed E-state index contributed by atoms with van der Waals surface area (Å²) in [4.78, 5) is 26.6. The second-order valence-corrected chi connectivity index (χ2v) is 7.39. The quantitative estimate of drug-likeness (QED) is 0.659. The van der Waals surface area contributed by atoms with E-state index in [2.05, 4.69) is 0 Å². The van der Waals surface area contributed by atoms with Crippen LogP contribution in [-0.4, -0.2) is 28.5 Å². The Balaban J connectivity index is 1.80. The van der Waals surface area contributed by atoms with E-state index in [0.717, 1.165) is 16.7 Å². The van der Waals surface area contributed by atoms with Crippen molar-refractivity contribution in [1.29, 1.82) is 0 Å². The molecule has 136 valence electrons. The fourth-order valence-electron chi connectivity index (χ4n) is 3.42. The summed E-state index contributed by atoms with van der Waals surface area (Å²) in [5.74, 6) is -0.420. The molecule has 2 N–H and O–H groups in total. The first-order valence-electron chi connectivity index (χ1n) is 8.75. The van der Waals surface area contributed by atoms with Gasteiger partial charge < -0.3 is 4.90 Å². The number of rotatable bonds is 3. The molecule has 3 rings (SSSR count). The largest absolute Gasteiger partial charge is 0.337 e. The molecule has 0 spiro atoms. The van der Waals surface area contributed by atoms with Gasteiger partial charge in [0.15, 0.2) is 0 Å². The zero-order valence-electron chi connectivity index (χ0n) is 15.4. The number of hydrogen-bond acceptors (Lipinski definition) is 3. The van der Waals surface area contributed by atoms with E-state index in [1.165, 1.54) is 5.56 Å². The number of carbonyl (C=O) groups is 2. The Morgan fingerprint density at radius 3 is 2.42 bits per heavy atom. The van der Waals surface area contributed by atoms with Crippen LogP contribution in [0.3, 0.4) is 0 Å². The van der Waals surface area contributed by atoms with Crippen molar-refractivity contribution in [3.8, 4) is 0 Å². The smallest absolute Gasteiger partial charge is 0.274 e. The number of nitrogens with zero attached hydrogens (tertiary/aromatic N) is 1. The summed E-state index contributed by atoms with van der Waals surface area (Å²) < 4.78 is 0. The molecule has 2 aromatic carbocycles. The number of aryl methyl sites for hydroxylation is 1. The van der Waals surface area contributed by atoms with Crippen LogP contribution in [0.5, 0.6) is 0 Å². The predicted octanol–water partition coefficient (Wildman–Crippen LogP) is 2.98. The molecule has 0 saturated carbocycles. The van der Waals surface area contributed by atoms with Gasteiger partial charge in [-0.15, -0.1) is 0 Å². The number of hydrogen-bond donors (Lipinski definition) is 2. The monoisotopic (exact) mass is 352 g/mol. The fraction of sp³-hybridized carbons (Fsp3) is 0.333. The summed E-state index contributed by atoms with van der Waals surface area (Å²) in [6, 6.07) is 13.4. The van der Waals surface area contributed by atoms with Crippen LogP contribution >= 0.6 is 0 Å². The Morgan fingerprint density at radius 1 is 1.08 bits per heavy atom. The Labute approximate surface area is 153 Å². The van der Waals surface area contributed by atoms with Gasteiger partial charge in [0.05, 0.1) is 5.41 Å². The predicted molar refractivity (Wildman–Crippen MR) is 99.0 cm³/mol. The molecule has 0 aromatic heterocycles. The Hall–Kier alpha value is -2.66. The molecule has 0 aliphatic carbocycles. The highest BCUT2D eigenvalue weighted by Gasteiger charge is 2.35. The minimum absolute atomic E-state index is 0.101. The summed E-state index contributed by atoms with van der Waals surface area (Å²) in [6.45, 7) is 7.11. The first-order chi connectivity index (χ1) is 12.3. The highest BCUT2D eigenvalue weighted by atomic mass is 16.5. The van der Waals surface area contributed by atoms with Gasteiger partial charge >= 0.3 is 0 Å². The minimum atomic E-state index is -0.595. The van der Waals surface area contributed by atoms with Crippen LogP contribution in [0.2, 0.25) is 0 Å². The lowest BCUT2D eigenvalue weighted by atomic mass is 9.82. The van der Waals surface area contributed by atoms with E-state index >= 15 is 0 Å². The van der Waals surface area contributed by atoms with Crippen molar-refractivity contribution in [2.45, 2.75) is 39.2 Å². The van der Waals surface area contributed by atoms with Crippen LogP contribution < -0.4 is 5.48 Å².